The first-order valence-corrected chi connectivity index (χ1v) is 6.74. The Morgan fingerprint density at radius 3 is 2.65 bits per heavy atom. The van der Waals surface area contributed by atoms with Gasteiger partial charge in [-0.25, -0.2) is 0 Å². The summed E-state index contributed by atoms with van der Waals surface area (Å²) >= 11 is 4.84. The number of carbonyl (C=O) groups excluding carboxylic acids is 1. The van der Waals surface area contributed by atoms with E-state index in [1.165, 1.54) is 7.11 Å². The van der Waals surface area contributed by atoms with E-state index in [0.717, 1.165) is 0 Å². The first-order chi connectivity index (χ1) is 9.38. The molecule has 0 aliphatic carbocycles. The SMILES string of the molecule is COc1cccc(C(=O)N(CCC(N)=S)C(C)C)c1O. The Hall–Kier alpha value is -1.82. The maximum atomic E-state index is 12.5. The highest BCUT2D eigenvalue weighted by Gasteiger charge is 2.22. The van der Waals surface area contributed by atoms with E-state index in [1.807, 2.05) is 13.8 Å². The van der Waals surface area contributed by atoms with Crippen molar-refractivity contribution in [3.8, 4) is 11.5 Å². The summed E-state index contributed by atoms with van der Waals surface area (Å²) in [6.45, 7) is 4.21. The molecule has 1 amide bonds. The van der Waals surface area contributed by atoms with Gasteiger partial charge in [0.2, 0.25) is 0 Å². The Morgan fingerprint density at radius 1 is 1.50 bits per heavy atom. The van der Waals surface area contributed by atoms with Crippen LogP contribution in [0.3, 0.4) is 0 Å². The highest BCUT2D eigenvalue weighted by atomic mass is 32.1. The molecule has 0 aliphatic rings. The molecule has 1 aromatic rings. The van der Waals surface area contributed by atoms with E-state index in [1.54, 1.807) is 23.1 Å². The van der Waals surface area contributed by atoms with Crippen LogP contribution in [0.4, 0.5) is 0 Å². The number of benzene rings is 1. The third-order valence-corrected chi connectivity index (χ3v) is 3.14. The molecule has 0 heterocycles. The zero-order chi connectivity index (χ0) is 15.3. The van der Waals surface area contributed by atoms with Crippen LogP contribution in [0.5, 0.6) is 11.5 Å². The van der Waals surface area contributed by atoms with Gasteiger partial charge in [0.15, 0.2) is 11.5 Å². The molecule has 0 bridgehead atoms. The first kappa shape index (κ1) is 16.2. The van der Waals surface area contributed by atoms with E-state index < -0.39 is 0 Å². The molecule has 0 aromatic heterocycles. The van der Waals surface area contributed by atoms with Crippen LogP contribution in [-0.4, -0.2) is 40.6 Å². The monoisotopic (exact) mass is 296 g/mol. The second-order valence-electron chi connectivity index (χ2n) is 4.67. The molecular weight excluding hydrogens is 276 g/mol. The zero-order valence-electron chi connectivity index (χ0n) is 11.9. The second-order valence-corrected chi connectivity index (χ2v) is 5.19. The molecule has 0 fully saturated rings. The second kappa shape index (κ2) is 7.09. The fourth-order valence-corrected chi connectivity index (χ4v) is 1.93. The molecule has 0 aliphatic heterocycles. The van der Waals surface area contributed by atoms with Gasteiger partial charge in [0.1, 0.15) is 0 Å². The number of hydrogen-bond acceptors (Lipinski definition) is 4. The third-order valence-electron chi connectivity index (χ3n) is 2.93. The van der Waals surface area contributed by atoms with Crippen LogP contribution in [0.25, 0.3) is 0 Å². The van der Waals surface area contributed by atoms with Crippen LogP contribution in [0.2, 0.25) is 0 Å². The van der Waals surface area contributed by atoms with Gasteiger partial charge >= 0.3 is 0 Å². The predicted molar refractivity (Wildman–Crippen MR) is 82.2 cm³/mol. The van der Waals surface area contributed by atoms with Crippen molar-refractivity contribution < 1.29 is 14.6 Å². The molecule has 0 spiro atoms. The predicted octanol–water partition coefficient (Wildman–Crippen LogP) is 1.93. The first-order valence-electron chi connectivity index (χ1n) is 6.33. The number of carbonyl (C=O) groups is 1. The van der Waals surface area contributed by atoms with E-state index in [-0.39, 0.29) is 29.0 Å². The summed E-state index contributed by atoms with van der Waals surface area (Å²) in [5, 5.41) is 10.0. The molecule has 0 saturated carbocycles. The lowest BCUT2D eigenvalue weighted by atomic mass is 10.1. The smallest absolute Gasteiger partial charge is 0.257 e. The maximum Gasteiger partial charge on any atom is 0.257 e. The normalized spacial score (nSPS) is 10.4. The Kier molecular flexibility index (Phi) is 5.76. The van der Waals surface area contributed by atoms with Crippen molar-refractivity contribution in [2.45, 2.75) is 26.3 Å². The summed E-state index contributed by atoms with van der Waals surface area (Å²) in [7, 11) is 1.44. The number of phenols is 1. The van der Waals surface area contributed by atoms with Gasteiger partial charge in [-0.3, -0.25) is 4.79 Å². The number of rotatable bonds is 6. The molecule has 20 heavy (non-hydrogen) atoms. The number of thiocarbonyl (C=S) groups is 1. The minimum absolute atomic E-state index is 0.0255. The average Bonchev–Trinajstić information content (AvgIpc) is 2.38. The number of methoxy groups -OCH3 is 1. The van der Waals surface area contributed by atoms with Gasteiger partial charge in [-0.15, -0.1) is 0 Å². The summed E-state index contributed by atoms with van der Waals surface area (Å²) in [5.41, 5.74) is 5.69. The van der Waals surface area contributed by atoms with Crippen molar-refractivity contribution in [3.63, 3.8) is 0 Å². The van der Waals surface area contributed by atoms with Crippen LogP contribution in [0.1, 0.15) is 30.6 Å². The lowest BCUT2D eigenvalue weighted by Gasteiger charge is -2.27. The largest absolute Gasteiger partial charge is 0.504 e. The van der Waals surface area contributed by atoms with Crippen molar-refractivity contribution in [2.24, 2.45) is 5.73 Å². The molecule has 0 radical (unpaired) electrons. The minimum atomic E-state index is -0.271. The quantitative estimate of drug-likeness (QED) is 0.785. The number of para-hydroxylation sites is 1. The molecule has 110 valence electrons. The average molecular weight is 296 g/mol. The number of hydrogen-bond donors (Lipinski definition) is 2. The Bertz CT molecular complexity index is 503. The van der Waals surface area contributed by atoms with Crippen LogP contribution in [0.15, 0.2) is 18.2 Å². The van der Waals surface area contributed by atoms with Crippen molar-refractivity contribution in [2.75, 3.05) is 13.7 Å². The summed E-state index contributed by atoms with van der Waals surface area (Å²) in [6.07, 6.45) is 0.448. The number of phenolic OH excluding ortho intramolecular Hbond substituents is 1. The van der Waals surface area contributed by atoms with E-state index in [0.29, 0.717) is 18.0 Å². The molecule has 5 nitrogen and oxygen atoms in total. The van der Waals surface area contributed by atoms with Gasteiger partial charge in [-0.05, 0) is 26.0 Å². The van der Waals surface area contributed by atoms with Crippen LogP contribution in [0, 0.1) is 0 Å². The van der Waals surface area contributed by atoms with Gasteiger partial charge < -0.3 is 20.5 Å². The van der Waals surface area contributed by atoms with Gasteiger partial charge in [0.05, 0.1) is 17.7 Å². The maximum absolute atomic E-state index is 12.5. The van der Waals surface area contributed by atoms with Crippen LogP contribution in [-0.2, 0) is 0 Å². The topological polar surface area (TPSA) is 75.8 Å². The number of ether oxygens (including phenoxy) is 1. The molecule has 1 aromatic carbocycles. The molecule has 1 rings (SSSR count). The fourth-order valence-electron chi connectivity index (χ4n) is 1.84. The lowest BCUT2D eigenvalue weighted by Crippen LogP contribution is -2.39. The molecule has 0 atom stereocenters. The van der Waals surface area contributed by atoms with Gasteiger partial charge in [-0.2, -0.15) is 0 Å². The standard InChI is InChI=1S/C14H20N2O3S/c1-9(2)16(8-7-12(15)20)14(18)10-5-4-6-11(19-3)13(10)17/h4-6,9,17H,7-8H2,1-3H3,(H2,15,20). The number of aromatic hydroxyl groups is 1. The molecule has 0 saturated heterocycles. The van der Waals surface area contributed by atoms with Crippen molar-refractivity contribution in [1.29, 1.82) is 0 Å². The summed E-state index contributed by atoms with van der Waals surface area (Å²) in [5.74, 6) is -0.150. The van der Waals surface area contributed by atoms with E-state index >= 15 is 0 Å². The molecule has 6 heteroatoms. The Morgan fingerprint density at radius 2 is 2.15 bits per heavy atom. The van der Waals surface area contributed by atoms with Crippen LogP contribution >= 0.6 is 12.2 Å². The van der Waals surface area contributed by atoms with Gasteiger partial charge in [0, 0.05) is 19.0 Å². The van der Waals surface area contributed by atoms with Gasteiger partial charge in [0.25, 0.3) is 5.91 Å². The van der Waals surface area contributed by atoms with Gasteiger partial charge in [-0.1, -0.05) is 18.3 Å². The Labute approximate surface area is 124 Å². The van der Waals surface area contributed by atoms with Crippen molar-refractivity contribution >= 4 is 23.1 Å². The van der Waals surface area contributed by atoms with E-state index in [9.17, 15) is 9.90 Å². The van der Waals surface area contributed by atoms with Crippen molar-refractivity contribution in [1.82, 2.24) is 4.90 Å². The third kappa shape index (κ3) is 3.84. The molecular formula is C14H20N2O3S. The van der Waals surface area contributed by atoms with Crippen LogP contribution < -0.4 is 10.5 Å². The fraction of sp³-hybridized carbons (Fsp3) is 0.429. The summed E-state index contributed by atoms with van der Waals surface area (Å²) in [6, 6.07) is 4.80. The number of nitrogens with zero attached hydrogens (tertiary/aromatic N) is 1. The van der Waals surface area contributed by atoms with Crippen molar-refractivity contribution in [3.05, 3.63) is 23.8 Å². The number of amides is 1. The zero-order valence-corrected chi connectivity index (χ0v) is 12.7. The number of nitrogens with two attached hydrogens (primary N) is 1. The molecule has 0 unspecified atom stereocenters. The summed E-state index contributed by atoms with van der Waals surface area (Å²) < 4.78 is 5.01. The highest BCUT2D eigenvalue weighted by molar-refractivity contribution is 7.80. The highest BCUT2D eigenvalue weighted by Crippen LogP contribution is 2.30. The molecule has 3 N–H and O–H groups in total. The Balaban J connectivity index is 3.03. The van der Waals surface area contributed by atoms with E-state index in [2.05, 4.69) is 0 Å². The van der Waals surface area contributed by atoms with E-state index in [4.69, 9.17) is 22.7 Å². The summed E-state index contributed by atoms with van der Waals surface area (Å²) in [4.78, 5) is 14.5. The lowest BCUT2D eigenvalue weighted by molar-refractivity contribution is 0.0708. The minimum Gasteiger partial charge on any atom is -0.504 e.